The molecule has 2 aromatic carbocycles. The Bertz CT molecular complexity index is 1210. The number of carbonyl (C=O) groups excluding carboxylic acids is 1. The molecule has 10 heteroatoms. The fourth-order valence-corrected chi connectivity index (χ4v) is 4.19. The van der Waals surface area contributed by atoms with Crippen LogP contribution in [0.15, 0.2) is 64.1 Å². The first-order chi connectivity index (χ1) is 15.1. The summed E-state index contributed by atoms with van der Waals surface area (Å²) in [5, 5.41) is 2.68. The van der Waals surface area contributed by atoms with Crippen LogP contribution < -0.4 is 14.8 Å². The van der Waals surface area contributed by atoms with Crippen molar-refractivity contribution in [3.8, 4) is 5.75 Å². The van der Waals surface area contributed by atoms with Gasteiger partial charge in [0.1, 0.15) is 5.75 Å². The van der Waals surface area contributed by atoms with E-state index in [9.17, 15) is 13.2 Å². The number of halogens is 1. The van der Waals surface area contributed by atoms with Gasteiger partial charge in [-0.05, 0) is 76.8 Å². The van der Waals surface area contributed by atoms with E-state index in [1.807, 2.05) is 18.2 Å². The zero-order valence-electron chi connectivity index (χ0n) is 17.8. The third-order valence-corrected chi connectivity index (χ3v) is 6.41. The Morgan fingerprint density at radius 2 is 1.84 bits per heavy atom. The lowest BCUT2D eigenvalue weighted by atomic mass is 10.0. The van der Waals surface area contributed by atoms with Gasteiger partial charge in [0.15, 0.2) is 6.61 Å². The highest BCUT2D eigenvalue weighted by Crippen LogP contribution is 2.29. The summed E-state index contributed by atoms with van der Waals surface area (Å²) in [6.45, 7) is 5.74. The van der Waals surface area contributed by atoms with Crippen LogP contribution in [0.2, 0.25) is 0 Å². The largest absolute Gasteiger partial charge is 0.483 e. The summed E-state index contributed by atoms with van der Waals surface area (Å²) in [4.78, 5) is 20.2. The number of ether oxygens (including phenoxy) is 1. The van der Waals surface area contributed by atoms with Crippen molar-refractivity contribution >= 4 is 43.5 Å². The van der Waals surface area contributed by atoms with Crippen LogP contribution in [0.3, 0.4) is 0 Å². The second kappa shape index (κ2) is 10.1. The van der Waals surface area contributed by atoms with E-state index in [1.54, 1.807) is 13.0 Å². The fraction of sp³-hybridized carbons (Fsp3) is 0.227. The number of benzene rings is 2. The molecule has 1 aromatic heterocycles. The Kier molecular flexibility index (Phi) is 7.47. The number of nitrogens with one attached hydrogen (secondary N) is 2. The van der Waals surface area contributed by atoms with Gasteiger partial charge in [0.25, 0.3) is 15.9 Å². The maximum absolute atomic E-state index is 12.5. The van der Waals surface area contributed by atoms with E-state index in [2.05, 4.69) is 49.8 Å². The number of anilines is 2. The molecule has 168 valence electrons. The van der Waals surface area contributed by atoms with Crippen LogP contribution in [0, 0.1) is 6.92 Å². The molecular weight excluding hydrogens is 496 g/mol. The Labute approximate surface area is 195 Å². The van der Waals surface area contributed by atoms with Crippen LogP contribution in [-0.4, -0.2) is 30.9 Å². The second-order valence-electron chi connectivity index (χ2n) is 7.33. The minimum Gasteiger partial charge on any atom is -0.483 e. The first-order valence-electron chi connectivity index (χ1n) is 9.78. The van der Waals surface area contributed by atoms with Crippen LogP contribution in [0.4, 0.5) is 11.6 Å². The molecule has 0 bridgehead atoms. The molecule has 3 aromatic rings. The number of carbonyl (C=O) groups is 1. The van der Waals surface area contributed by atoms with Crippen molar-refractivity contribution in [2.24, 2.45) is 0 Å². The number of rotatable bonds is 8. The standard InChI is InChI=1S/C22H23BrN4O4S/c1-14(2)16-4-9-20(19(23)12-16)31-13-21(28)26-17-5-7-18(8-6-17)32(29,30)27-22-24-11-10-15(3)25-22/h4-12,14H,13H2,1-3H3,(H,26,28)(H,24,25,27). The number of aromatic nitrogens is 2. The first kappa shape index (κ1) is 23.7. The van der Waals surface area contributed by atoms with Crippen molar-refractivity contribution in [2.45, 2.75) is 31.6 Å². The molecule has 0 aliphatic heterocycles. The lowest BCUT2D eigenvalue weighted by molar-refractivity contribution is -0.118. The Hall–Kier alpha value is -2.98. The highest BCUT2D eigenvalue weighted by Gasteiger charge is 2.16. The molecule has 0 aliphatic rings. The summed E-state index contributed by atoms with van der Waals surface area (Å²) >= 11 is 3.46. The van der Waals surface area contributed by atoms with Gasteiger partial charge in [0.2, 0.25) is 5.95 Å². The number of sulfonamides is 1. The van der Waals surface area contributed by atoms with Crippen LogP contribution in [0.25, 0.3) is 0 Å². The number of aryl methyl sites for hydroxylation is 1. The second-order valence-corrected chi connectivity index (χ2v) is 9.87. The molecule has 1 amide bonds. The Balaban J connectivity index is 1.58. The van der Waals surface area contributed by atoms with Crippen LogP contribution in [0.5, 0.6) is 5.75 Å². The topological polar surface area (TPSA) is 110 Å². The lowest BCUT2D eigenvalue weighted by Gasteiger charge is -2.12. The average molecular weight is 519 g/mol. The zero-order valence-corrected chi connectivity index (χ0v) is 20.2. The van der Waals surface area contributed by atoms with Crippen molar-refractivity contribution in [2.75, 3.05) is 16.6 Å². The first-order valence-corrected chi connectivity index (χ1v) is 12.1. The van der Waals surface area contributed by atoms with Gasteiger partial charge in [-0.1, -0.05) is 19.9 Å². The van der Waals surface area contributed by atoms with Gasteiger partial charge < -0.3 is 10.1 Å². The van der Waals surface area contributed by atoms with Crippen LogP contribution >= 0.6 is 15.9 Å². The predicted molar refractivity (Wildman–Crippen MR) is 126 cm³/mol. The van der Waals surface area contributed by atoms with Crippen molar-refractivity contribution < 1.29 is 17.9 Å². The van der Waals surface area contributed by atoms with Gasteiger partial charge in [-0.15, -0.1) is 0 Å². The Morgan fingerprint density at radius 1 is 1.12 bits per heavy atom. The predicted octanol–water partition coefficient (Wildman–Crippen LogP) is 4.49. The van der Waals surface area contributed by atoms with E-state index in [0.29, 0.717) is 23.0 Å². The van der Waals surface area contributed by atoms with E-state index in [1.165, 1.54) is 30.5 Å². The van der Waals surface area contributed by atoms with Crippen molar-refractivity contribution in [1.29, 1.82) is 0 Å². The third-order valence-electron chi connectivity index (χ3n) is 4.45. The van der Waals surface area contributed by atoms with Gasteiger partial charge in [-0.3, -0.25) is 4.79 Å². The molecule has 8 nitrogen and oxygen atoms in total. The number of hydrogen-bond acceptors (Lipinski definition) is 6. The van der Waals surface area contributed by atoms with E-state index in [0.717, 1.165) is 10.0 Å². The zero-order chi connectivity index (χ0) is 23.3. The number of amides is 1. The van der Waals surface area contributed by atoms with Crippen LogP contribution in [-0.2, 0) is 14.8 Å². The number of hydrogen-bond donors (Lipinski definition) is 2. The SMILES string of the molecule is Cc1ccnc(NS(=O)(=O)c2ccc(NC(=O)COc3ccc(C(C)C)cc3Br)cc2)n1. The maximum Gasteiger partial charge on any atom is 0.264 e. The van der Waals surface area contributed by atoms with Gasteiger partial charge >= 0.3 is 0 Å². The smallest absolute Gasteiger partial charge is 0.264 e. The summed E-state index contributed by atoms with van der Waals surface area (Å²) in [5.74, 6) is 0.573. The lowest BCUT2D eigenvalue weighted by Crippen LogP contribution is -2.20. The molecule has 0 spiro atoms. The highest BCUT2D eigenvalue weighted by molar-refractivity contribution is 9.10. The average Bonchev–Trinajstić information content (AvgIpc) is 2.73. The van der Waals surface area contributed by atoms with E-state index in [4.69, 9.17) is 4.74 Å². The summed E-state index contributed by atoms with van der Waals surface area (Å²) < 4.78 is 33.7. The quantitative estimate of drug-likeness (QED) is 0.454. The highest BCUT2D eigenvalue weighted by atomic mass is 79.9. The summed E-state index contributed by atoms with van der Waals surface area (Å²) in [5.41, 5.74) is 2.24. The molecule has 0 saturated carbocycles. The minimum absolute atomic E-state index is 0.00730. The molecule has 0 fully saturated rings. The number of nitrogens with zero attached hydrogens (tertiary/aromatic N) is 2. The molecule has 3 rings (SSSR count). The molecule has 0 aliphatic carbocycles. The van der Waals surface area contributed by atoms with Crippen molar-refractivity contribution in [3.05, 3.63) is 70.5 Å². The normalized spacial score (nSPS) is 11.3. The van der Waals surface area contributed by atoms with Crippen molar-refractivity contribution in [3.63, 3.8) is 0 Å². The molecule has 32 heavy (non-hydrogen) atoms. The van der Waals surface area contributed by atoms with Gasteiger partial charge in [-0.25, -0.2) is 23.1 Å². The molecular formula is C22H23BrN4O4S. The third kappa shape index (κ3) is 6.27. The fourth-order valence-electron chi connectivity index (χ4n) is 2.73. The molecule has 2 N–H and O–H groups in total. The molecule has 0 unspecified atom stereocenters. The molecule has 1 heterocycles. The van der Waals surface area contributed by atoms with E-state index in [-0.39, 0.29) is 23.4 Å². The molecule has 0 radical (unpaired) electrons. The van der Waals surface area contributed by atoms with Crippen LogP contribution in [0.1, 0.15) is 31.0 Å². The van der Waals surface area contributed by atoms with Gasteiger partial charge in [0.05, 0.1) is 9.37 Å². The molecule has 0 atom stereocenters. The van der Waals surface area contributed by atoms with E-state index < -0.39 is 10.0 Å². The molecule has 0 saturated heterocycles. The van der Waals surface area contributed by atoms with Gasteiger partial charge in [0, 0.05) is 17.6 Å². The summed E-state index contributed by atoms with van der Waals surface area (Å²) in [6.07, 6.45) is 1.47. The van der Waals surface area contributed by atoms with Crippen molar-refractivity contribution in [1.82, 2.24) is 9.97 Å². The Morgan fingerprint density at radius 3 is 2.47 bits per heavy atom. The monoisotopic (exact) mass is 518 g/mol. The van der Waals surface area contributed by atoms with Gasteiger partial charge in [-0.2, -0.15) is 0 Å². The summed E-state index contributed by atoms with van der Waals surface area (Å²) in [6, 6.07) is 13.2. The minimum atomic E-state index is -3.85. The van der Waals surface area contributed by atoms with E-state index >= 15 is 0 Å². The summed E-state index contributed by atoms with van der Waals surface area (Å²) in [7, 11) is -3.85. The maximum atomic E-state index is 12.5.